The van der Waals surface area contributed by atoms with Crippen molar-refractivity contribution in [1.82, 2.24) is 19.4 Å². The van der Waals surface area contributed by atoms with Gasteiger partial charge in [0.1, 0.15) is 23.2 Å². The number of benzene rings is 1. The molecule has 1 aromatic heterocycles. The third-order valence-electron chi connectivity index (χ3n) is 4.71. The minimum absolute atomic E-state index is 0.0140. The van der Waals surface area contributed by atoms with Crippen LogP contribution in [0.15, 0.2) is 24.4 Å². The molecule has 2 aromatic rings. The van der Waals surface area contributed by atoms with E-state index in [1.54, 1.807) is 25.2 Å². The molecule has 0 saturated carbocycles. The normalized spacial score (nSPS) is 14.5. The molecule has 0 aliphatic carbocycles. The molecule has 9 heteroatoms. The summed E-state index contributed by atoms with van der Waals surface area (Å²) >= 11 is 0. The van der Waals surface area contributed by atoms with E-state index in [2.05, 4.69) is 4.98 Å². The molecule has 1 aliphatic rings. The summed E-state index contributed by atoms with van der Waals surface area (Å²) in [5.74, 6) is -0.823. The highest BCUT2D eigenvalue weighted by molar-refractivity contribution is 5.91. The smallest absolute Gasteiger partial charge is 0.273 e. The SMILES string of the molecule is CN(C)C(=O)c1cn2c(n1)CN(C(=O)C[C@H](N)Cc1cc(F)ccc1F)CC2. The average molecular weight is 391 g/mol. The molecule has 0 fully saturated rings. The minimum atomic E-state index is -0.628. The van der Waals surface area contributed by atoms with Crippen LogP contribution in [0.1, 0.15) is 28.3 Å². The van der Waals surface area contributed by atoms with Gasteiger partial charge < -0.3 is 20.1 Å². The van der Waals surface area contributed by atoms with Crippen LogP contribution < -0.4 is 5.73 Å². The van der Waals surface area contributed by atoms with Crippen molar-refractivity contribution in [2.24, 2.45) is 5.73 Å². The first-order valence-corrected chi connectivity index (χ1v) is 8.99. The molecule has 1 atom stereocenters. The first-order valence-electron chi connectivity index (χ1n) is 8.99. The Labute approximate surface area is 161 Å². The van der Waals surface area contributed by atoms with Crippen LogP contribution in [-0.4, -0.2) is 57.8 Å². The van der Waals surface area contributed by atoms with E-state index in [0.29, 0.717) is 24.6 Å². The van der Waals surface area contributed by atoms with Crippen molar-refractivity contribution in [3.63, 3.8) is 0 Å². The predicted octanol–water partition coefficient (Wildman–Crippen LogP) is 1.17. The van der Waals surface area contributed by atoms with Crippen LogP contribution in [0.3, 0.4) is 0 Å². The van der Waals surface area contributed by atoms with Crippen LogP contribution in [0.5, 0.6) is 0 Å². The Morgan fingerprint density at radius 3 is 2.75 bits per heavy atom. The highest BCUT2D eigenvalue weighted by Gasteiger charge is 2.25. The van der Waals surface area contributed by atoms with Crippen LogP contribution in [0.4, 0.5) is 8.78 Å². The van der Waals surface area contributed by atoms with E-state index in [4.69, 9.17) is 5.73 Å². The Bertz CT molecular complexity index is 896. The van der Waals surface area contributed by atoms with Gasteiger partial charge in [0.05, 0.1) is 6.54 Å². The van der Waals surface area contributed by atoms with Gasteiger partial charge in [0.2, 0.25) is 5.91 Å². The van der Waals surface area contributed by atoms with Crippen molar-refractivity contribution >= 4 is 11.8 Å². The molecule has 0 unspecified atom stereocenters. The van der Waals surface area contributed by atoms with Crippen molar-refractivity contribution in [2.75, 3.05) is 20.6 Å². The molecular weight excluding hydrogens is 368 g/mol. The maximum Gasteiger partial charge on any atom is 0.273 e. The van der Waals surface area contributed by atoms with Crippen molar-refractivity contribution in [3.8, 4) is 0 Å². The molecule has 1 aromatic carbocycles. The minimum Gasteiger partial charge on any atom is -0.343 e. The van der Waals surface area contributed by atoms with Crippen LogP contribution in [-0.2, 0) is 24.3 Å². The summed E-state index contributed by atoms with van der Waals surface area (Å²) in [6.45, 7) is 1.28. The summed E-state index contributed by atoms with van der Waals surface area (Å²) in [5, 5.41) is 0. The number of hydrogen-bond acceptors (Lipinski definition) is 4. The van der Waals surface area contributed by atoms with Gasteiger partial charge in [-0.05, 0) is 30.2 Å². The molecule has 0 radical (unpaired) electrons. The number of nitrogens with zero attached hydrogens (tertiary/aromatic N) is 4. The quantitative estimate of drug-likeness (QED) is 0.829. The average Bonchev–Trinajstić information content (AvgIpc) is 3.07. The van der Waals surface area contributed by atoms with E-state index in [0.717, 1.165) is 18.2 Å². The summed E-state index contributed by atoms with van der Waals surface area (Å²) in [6.07, 6.45) is 1.78. The van der Waals surface area contributed by atoms with E-state index in [9.17, 15) is 18.4 Å². The first-order chi connectivity index (χ1) is 13.2. The zero-order chi connectivity index (χ0) is 20.4. The Hall–Kier alpha value is -2.81. The number of halogens is 2. The predicted molar refractivity (Wildman–Crippen MR) is 98.3 cm³/mol. The van der Waals surface area contributed by atoms with Gasteiger partial charge >= 0.3 is 0 Å². The molecule has 0 bridgehead atoms. The highest BCUT2D eigenvalue weighted by atomic mass is 19.1. The van der Waals surface area contributed by atoms with Gasteiger partial charge in [-0.15, -0.1) is 0 Å². The number of fused-ring (bicyclic) bond motifs is 1. The van der Waals surface area contributed by atoms with Crippen LogP contribution in [0.2, 0.25) is 0 Å². The monoisotopic (exact) mass is 391 g/mol. The fourth-order valence-corrected chi connectivity index (χ4v) is 3.21. The molecule has 3 rings (SSSR count). The molecule has 150 valence electrons. The van der Waals surface area contributed by atoms with Crippen LogP contribution in [0.25, 0.3) is 0 Å². The molecule has 1 aliphatic heterocycles. The summed E-state index contributed by atoms with van der Waals surface area (Å²) in [7, 11) is 3.30. The largest absolute Gasteiger partial charge is 0.343 e. The Morgan fingerprint density at radius 1 is 1.29 bits per heavy atom. The summed E-state index contributed by atoms with van der Waals surface area (Å²) in [6, 6.07) is 2.56. The van der Waals surface area contributed by atoms with Gasteiger partial charge in [0.15, 0.2) is 0 Å². The maximum atomic E-state index is 13.8. The molecule has 7 nitrogen and oxygen atoms in total. The van der Waals surface area contributed by atoms with Gasteiger partial charge in [-0.25, -0.2) is 13.8 Å². The van der Waals surface area contributed by atoms with E-state index >= 15 is 0 Å². The summed E-state index contributed by atoms with van der Waals surface area (Å²) in [4.78, 5) is 32.0. The van der Waals surface area contributed by atoms with Gasteiger partial charge in [-0.3, -0.25) is 9.59 Å². The number of imidazole rings is 1. The lowest BCUT2D eigenvalue weighted by Crippen LogP contribution is -2.41. The van der Waals surface area contributed by atoms with Crippen molar-refractivity contribution in [1.29, 1.82) is 0 Å². The molecule has 28 heavy (non-hydrogen) atoms. The fourth-order valence-electron chi connectivity index (χ4n) is 3.21. The topological polar surface area (TPSA) is 84.5 Å². The molecule has 2 amide bonds. The van der Waals surface area contributed by atoms with E-state index < -0.39 is 17.7 Å². The van der Waals surface area contributed by atoms with Crippen LogP contribution in [0, 0.1) is 11.6 Å². The lowest BCUT2D eigenvalue weighted by molar-refractivity contribution is -0.133. The first kappa shape index (κ1) is 19.9. The lowest BCUT2D eigenvalue weighted by atomic mass is 10.0. The number of carbonyl (C=O) groups is 2. The van der Waals surface area contributed by atoms with E-state index in [-0.39, 0.29) is 36.8 Å². The summed E-state index contributed by atoms with van der Waals surface area (Å²) < 4.78 is 28.9. The lowest BCUT2D eigenvalue weighted by Gasteiger charge is -2.28. The molecule has 2 heterocycles. The van der Waals surface area contributed by atoms with Crippen molar-refractivity contribution in [3.05, 3.63) is 53.1 Å². The summed E-state index contributed by atoms with van der Waals surface area (Å²) in [5.41, 5.74) is 6.49. The van der Waals surface area contributed by atoms with Crippen molar-refractivity contribution < 1.29 is 18.4 Å². The fraction of sp³-hybridized carbons (Fsp3) is 0.421. The third-order valence-corrected chi connectivity index (χ3v) is 4.71. The molecule has 0 spiro atoms. The molecule has 0 saturated heterocycles. The Kier molecular flexibility index (Phi) is 5.73. The molecule has 2 N–H and O–H groups in total. The van der Waals surface area contributed by atoms with Gasteiger partial charge in [-0.1, -0.05) is 0 Å². The molecular formula is C19H23F2N5O2. The second-order valence-electron chi connectivity index (χ2n) is 7.15. The zero-order valence-corrected chi connectivity index (χ0v) is 15.9. The number of hydrogen-bond donors (Lipinski definition) is 1. The van der Waals surface area contributed by atoms with E-state index in [1.807, 2.05) is 4.57 Å². The zero-order valence-electron chi connectivity index (χ0n) is 15.9. The Morgan fingerprint density at radius 2 is 2.04 bits per heavy atom. The van der Waals surface area contributed by atoms with Crippen molar-refractivity contribution in [2.45, 2.75) is 32.0 Å². The number of amides is 2. The standard InChI is InChI=1S/C19H23F2N5O2/c1-24(2)19(28)16-10-25-5-6-26(11-17(25)23-16)18(27)9-14(22)8-12-7-13(20)3-4-15(12)21/h3-4,7,10,14H,5-6,8-9,11,22H2,1-2H3/t14-/m1/s1. The van der Waals surface area contributed by atoms with Gasteiger partial charge in [0, 0.05) is 45.8 Å². The second-order valence-corrected chi connectivity index (χ2v) is 7.15. The third kappa shape index (κ3) is 4.36. The van der Waals surface area contributed by atoms with Gasteiger partial charge in [-0.2, -0.15) is 0 Å². The number of aromatic nitrogens is 2. The maximum absolute atomic E-state index is 13.8. The van der Waals surface area contributed by atoms with E-state index in [1.165, 1.54) is 4.90 Å². The number of nitrogens with two attached hydrogens (primary N) is 1. The Balaban J connectivity index is 1.61. The second kappa shape index (κ2) is 8.05. The highest BCUT2D eigenvalue weighted by Crippen LogP contribution is 2.17. The number of rotatable bonds is 5. The number of carbonyl (C=O) groups excluding carboxylic acids is 2. The van der Waals surface area contributed by atoms with Crippen LogP contribution >= 0.6 is 0 Å². The van der Waals surface area contributed by atoms with Gasteiger partial charge in [0.25, 0.3) is 5.91 Å².